The zero-order valence-electron chi connectivity index (χ0n) is 14.1. The zero-order valence-corrected chi connectivity index (χ0v) is 14.1. The molecule has 1 aromatic heterocycles. The number of halogens is 2. The van der Waals surface area contributed by atoms with E-state index in [4.69, 9.17) is 0 Å². The summed E-state index contributed by atoms with van der Waals surface area (Å²) in [6, 6.07) is 11.1. The minimum Gasteiger partial charge on any atom is -0.352 e. The van der Waals surface area contributed by atoms with Crippen molar-refractivity contribution in [3.05, 3.63) is 76.5 Å². The molecule has 0 atom stereocenters. The summed E-state index contributed by atoms with van der Waals surface area (Å²) < 4.78 is 26.4. The van der Waals surface area contributed by atoms with Crippen LogP contribution in [0.15, 0.2) is 42.5 Å². The highest BCUT2D eigenvalue weighted by atomic mass is 19.1. The van der Waals surface area contributed by atoms with Crippen molar-refractivity contribution in [1.29, 1.82) is 0 Å². The van der Waals surface area contributed by atoms with Crippen molar-refractivity contribution < 1.29 is 13.6 Å². The molecule has 0 saturated heterocycles. The van der Waals surface area contributed by atoms with E-state index in [9.17, 15) is 13.6 Å². The molecule has 5 heteroatoms. The number of benzene rings is 2. The molecular formula is C20H18F2N2O. The maximum Gasteiger partial charge on any atom is 0.253 e. The smallest absolute Gasteiger partial charge is 0.253 e. The summed E-state index contributed by atoms with van der Waals surface area (Å²) in [5, 5.41) is 3.69. The number of nitrogens with one attached hydrogen (secondary N) is 1. The van der Waals surface area contributed by atoms with Crippen LogP contribution in [-0.4, -0.2) is 17.4 Å². The molecule has 1 amide bonds. The first-order chi connectivity index (χ1) is 11.9. The van der Waals surface area contributed by atoms with Crippen molar-refractivity contribution in [3.63, 3.8) is 0 Å². The Hall–Kier alpha value is -2.82. The van der Waals surface area contributed by atoms with E-state index in [1.54, 1.807) is 6.92 Å². The number of hydrogen-bond donors (Lipinski definition) is 1. The van der Waals surface area contributed by atoms with Crippen LogP contribution in [0.4, 0.5) is 8.78 Å². The van der Waals surface area contributed by atoms with Crippen LogP contribution in [0, 0.1) is 25.5 Å². The molecule has 0 saturated carbocycles. The number of fused-ring (bicyclic) bond motifs is 1. The Balaban J connectivity index is 1.72. The van der Waals surface area contributed by atoms with Crippen LogP contribution in [0.2, 0.25) is 0 Å². The predicted octanol–water partition coefficient (Wildman–Crippen LogP) is 4.10. The molecule has 0 aliphatic carbocycles. The quantitative estimate of drug-likeness (QED) is 0.777. The largest absolute Gasteiger partial charge is 0.352 e. The number of aryl methyl sites for hydroxylation is 2. The first-order valence-corrected chi connectivity index (χ1v) is 8.03. The van der Waals surface area contributed by atoms with Gasteiger partial charge in [-0.2, -0.15) is 0 Å². The van der Waals surface area contributed by atoms with E-state index < -0.39 is 11.6 Å². The van der Waals surface area contributed by atoms with Crippen molar-refractivity contribution in [2.75, 3.05) is 6.54 Å². The molecule has 128 valence electrons. The SMILES string of the molecule is Cc1ccc2nc(C)c(C(=O)NCCc3cc(F)cc(F)c3)cc2c1. The number of aromatic nitrogens is 1. The summed E-state index contributed by atoms with van der Waals surface area (Å²) >= 11 is 0. The predicted molar refractivity (Wildman–Crippen MR) is 93.6 cm³/mol. The van der Waals surface area contributed by atoms with E-state index in [0.29, 0.717) is 23.2 Å². The van der Waals surface area contributed by atoms with Crippen molar-refractivity contribution >= 4 is 16.8 Å². The summed E-state index contributed by atoms with van der Waals surface area (Å²) in [5.41, 5.74) is 3.59. The molecule has 3 aromatic rings. The Morgan fingerprint density at radius 2 is 1.76 bits per heavy atom. The molecule has 2 aromatic carbocycles. The summed E-state index contributed by atoms with van der Waals surface area (Å²) in [5.74, 6) is -1.48. The van der Waals surface area contributed by atoms with Crippen LogP contribution in [0.5, 0.6) is 0 Å². The summed E-state index contributed by atoms with van der Waals surface area (Å²) in [7, 11) is 0. The number of amides is 1. The molecule has 3 rings (SSSR count). The lowest BCUT2D eigenvalue weighted by molar-refractivity contribution is 0.0953. The molecule has 0 spiro atoms. The van der Waals surface area contributed by atoms with Crippen LogP contribution in [0.1, 0.15) is 27.2 Å². The normalized spacial score (nSPS) is 10.9. The fourth-order valence-corrected chi connectivity index (χ4v) is 2.79. The standard InChI is InChI=1S/C20H18F2N2O/c1-12-3-4-19-15(7-12)10-18(13(2)24-19)20(25)23-6-5-14-8-16(21)11-17(22)9-14/h3-4,7-11H,5-6H2,1-2H3,(H,23,25). The fraction of sp³-hybridized carbons (Fsp3) is 0.200. The van der Waals surface area contributed by atoms with E-state index in [1.165, 1.54) is 12.1 Å². The fourth-order valence-electron chi connectivity index (χ4n) is 2.79. The Bertz CT molecular complexity index is 934. The number of carbonyl (C=O) groups excluding carboxylic acids is 1. The molecule has 0 radical (unpaired) electrons. The highest BCUT2D eigenvalue weighted by Gasteiger charge is 2.11. The van der Waals surface area contributed by atoms with E-state index >= 15 is 0 Å². The van der Waals surface area contributed by atoms with Gasteiger partial charge >= 0.3 is 0 Å². The van der Waals surface area contributed by atoms with E-state index in [-0.39, 0.29) is 12.5 Å². The van der Waals surface area contributed by atoms with E-state index in [2.05, 4.69) is 10.3 Å². The van der Waals surface area contributed by atoms with Gasteiger partial charge in [-0.1, -0.05) is 11.6 Å². The van der Waals surface area contributed by atoms with Crippen molar-refractivity contribution in [1.82, 2.24) is 10.3 Å². The Kier molecular flexibility index (Phi) is 4.74. The van der Waals surface area contributed by atoms with Crippen LogP contribution < -0.4 is 5.32 Å². The van der Waals surface area contributed by atoms with Crippen LogP contribution in [-0.2, 0) is 6.42 Å². The van der Waals surface area contributed by atoms with Gasteiger partial charge in [0.25, 0.3) is 5.91 Å². The molecule has 0 aliphatic heterocycles. The molecule has 0 bridgehead atoms. The average molecular weight is 340 g/mol. The topological polar surface area (TPSA) is 42.0 Å². The van der Waals surface area contributed by atoms with Crippen LogP contribution in [0.3, 0.4) is 0 Å². The molecule has 1 N–H and O–H groups in total. The molecule has 0 unspecified atom stereocenters. The van der Waals surface area contributed by atoms with Gasteiger partial charge in [0.1, 0.15) is 11.6 Å². The summed E-state index contributed by atoms with van der Waals surface area (Å²) in [6.07, 6.45) is 0.347. The minimum absolute atomic E-state index is 0.245. The maximum atomic E-state index is 13.2. The zero-order chi connectivity index (χ0) is 18.0. The highest BCUT2D eigenvalue weighted by Crippen LogP contribution is 2.18. The average Bonchev–Trinajstić information content (AvgIpc) is 2.53. The summed E-state index contributed by atoms with van der Waals surface area (Å²) in [4.78, 5) is 16.9. The second-order valence-corrected chi connectivity index (χ2v) is 6.10. The first-order valence-electron chi connectivity index (χ1n) is 8.03. The lowest BCUT2D eigenvalue weighted by Gasteiger charge is -2.09. The Labute approximate surface area is 144 Å². The summed E-state index contributed by atoms with van der Waals surface area (Å²) in [6.45, 7) is 4.06. The van der Waals surface area contributed by atoms with E-state index in [0.717, 1.165) is 22.5 Å². The molecule has 1 heterocycles. The van der Waals surface area contributed by atoms with Gasteiger partial charge in [0.15, 0.2) is 0 Å². The second-order valence-electron chi connectivity index (χ2n) is 6.10. The third-order valence-electron chi connectivity index (χ3n) is 4.03. The number of nitrogens with zero attached hydrogens (tertiary/aromatic N) is 1. The van der Waals surface area contributed by atoms with Gasteiger partial charge in [0, 0.05) is 18.0 Å². The van der Waals surface area contributed by atoms with Crippen molar-refractivity contribution in [3.8, 4) is 0 Å². The molecule has 0 aliphatic rings. The van der Waals surface area contributed by atoms with Gasteiger partial charge in [-0.3, -0.25) is 9.78 Å². The lowest BCUT2D eigenvalue weighted by atomic mass is 10.1. The highest BCUT2D eigenvalue weighted by molar-refractivity contribution is 5.98. The van der Waals surface area contributed by atoms with Gasteiger partial charge in [-0.05, 0) is 56.2 Å². The third kappa shape index (κ3) is 3.99. The number of pyridine rings is 1. The van der Waals surface area contributed by atoms with Gasteiger partial charge in [0.2, 0.25) is 0 Å². The molecular weight excluding hydrogens is 322 g/mol. The van der Waals surface area contributed by atoms with Crippen LogP contribution >= 0.6 is 0 Å². The Morgan fingerprint density at radius 3 is 2.48 bits per heavy atom. The van der Waals surface area contributed by atoms with Gasteiger partial charge in [-0.25, -0.2) is 8.78 Å². The van der Waals surface area contributed by atoms with E-state index in [1.807, 2.05) is 31.2 Å². The Morgan fingerprint density at radius 1 is 1.04 bits per heavy atom. The minimum atomic E-state index is -0.619. The molecule has 25 heavy (non-hydrogen) atoms. The van der Waals surface area contributed by atoms with Gasteiger partial charge in [-0.15, -0.1) is 0 Å². The van der Waals surface area contributed by atoms with Crippen LogP contribution in [0.25, 0.3) is 10.9 Å². The van der Waals surface area contributed by atoms with Gasteiger partial charge in [0.05, 0.1) is 16.8 Å². The monoisotopic (exact) mass is 340 g/mol. The second kappa shape index (κ2) is 6.97. The maximum absolute atomic E-state index is 13.2. The van der Waals surface area contributed by atoms with Crippen molar-refractivity contribution in [2.45, 2.75) is 20.3 Å². The van der Waals surface area contributed by atoms with Gasteiger partial charge < -0.3 is 5.32 Å². The number of hydrogen-bond acceptors (Lipinski definition) is 2. The first kappa shape index (κ1) is 17.0. The number of rotatable bonds is 4. The van der Waals surface area contributed by atoms with Crippen molar-refractivity contribution in [2.24, 2.45) is 0 Å². The lowest BCUT2D eigenvalue weighted by Crippen LogP contribution is -2.26. The number of carbonyl (C=O) groups is 1. The molecule has 3 nitrogen and oxygen atoms in total. The third-order valence-corrected chi connectivity index (χ3v) is 4.03. The molecule has 0 fully saturated rings.